The molecular formula is C20H23N3O3S. The molecular weight excluding hydrogens is 362 g/mol. The second-order valence-corrected chi connectivity index (χ2v) is 8.71. The van der Waals surface area contributed by atoms with E-state index < -0.39 is 10.0 Å². The van der Waals surface area contributed by atoms with Crippen LogP contribution in [0.25, 0.3) is 0 Å². The summed E-state index contributed by atoms with van der Waals surface area (Å²) in [7, 11) is -3.32. The SMILES string of the molecule is CC(C)C(=O)N1N=C(c2ccc(NS(C)(=O)=O)cc2)C[C@@H]1c1ccccc1. The van der Waals surface area contributed by atoms with Gasteiger partial charge in [-0.15, -0.1) is 0 Å². The second kappa shape index (κ2) is 7.52. The van der Waals surface area contributed by atoms with E-state index in [4.69, 9.17) is 0 Å². The standard InChI is InChI=1S/C20H23N3O3S/c1-14(2)20(24)23-19(16-7-5-4-6-8-16)13-18(21-23)15-9-11-17(12-10-15)22-27(3,25)26/h4-12,14,19,22H,13H2,1-3H3/t19-/m1/s1. The van der Waals surface area contributed by atoms with Gasteiger partial charge in [-0.1, -0.05) is 56.3 Å². The van der Waals surface area contributed by atoms with Crippen LogP contribution in [0.3, 0.4) is 0 Å². The van der Waals surface area contributed by atoms with Gasteiger partial charge in [-0.05, 0) is 23.3 Å². The lowest BCUT2D eigenvalue weighted by Crippen LogP contribution is -2.30. The van der Waals surface area contributed by atoms with Crippen LogP contribution in [0.2, 0.25) is 0 Å². The van der Waals surface area contributed by atoms with E-state index >= 15 is 0 Å². The van der Waals surface area contributed by atoms with E-state index in [-0.39, 0.29) is 17.9 Å². The Kier molecular flexibility index (Phi) is 5.32. The van der Waals surface area contributed by atoms with Gasteiger partial charge in [-0.2, -0.15) is 5.10 Å². The summed E-state index contributed by atoms with van der Waals surface area (Å²) in [5.41, 5.74) is 3.22. The fourth-order valence-corrected chi connectivity index (χ4v) is 3.60. The molecule has 2 aromatic rings. The van der Waals surface area contributed by atoms with Gasteiger partial charge in [0.2, 0.25) is 15.9 Å². The van der Waals surface area contributed by atoms with Crippen LogP contribution in [0.1, 0.15) is 37.4 Å². The van der Waals surface area contributed by atoms with E-state index in [2.05, 4.69) is 9.82 Å². The van der Waals surface area contributed by atoms with E-state index in [0.717, 1.165) is 23.1 Å². The highest BCUT2D eigenvalue weighted by Gasteiger charge is 2.33. The van der Waals surface area contributed by atoms with Crippen LogP contribution >= 0.6 is 0 Å². The molecule has 0 radical (unpaired) electrons. The predicted molar refractivity (Wildman–Crippen MR) is 107 cm³/mol. The Balaban J connectivity index is 1.89. The summed E-state index contributed by atoms with van der Waals surface area (Å²) in [5, 5.41) is 6.18. The fraction of sp³-hybridized carbons (Fsp3) is 0.300. The molecule has 0 bridgehead atoms. The summed E-state index contributed by atoms with van der Waals surface area (Å²) in [4.78, 5) is 12.7. The monoisotopic (exact) mass is 385 g/mol. The van der Waals surface area contributed by atoms with E-state index in [1.807, 2.05) is 56.3 Å². The van der Waals surface area contributed by atoms with Crippen molar-refractivity contribution in [3.63, 3.8) is 0 Å². The molecule has 0 aromatic heterocycles. The minimum Gasteiger partial charge on any atom is -0.284 e. The zero-order valence-corrected chi connectivity index (χ0v) is 16.4. The molecule has 1 atom stereocenters. The summed E-state index contributed by atoms with van der Waals surface area (Å²) in [5.74, 6) is -0.171. The summed E-state index contributed by atoms with van der Waals surface area (Å²) in [6.07, 6.45) is 1.73. The molecule has 0 aliphatic carbocycles. The first-order chi connectivity index (χ1) is 12.7. The highest BCUT2D eigenvalue weighted by molar-refractivity contribution is 7.92. The van der Waals surface area contributed by atoms with Crippen LogP contribution in [0.4, 0.5) is 5.69 Å². The van der Waals surface area contributed by atoms with Crippen molar-refractivity contribution in [2.75, 3.05) is 11.0 Å². The zero-order valence-electron chi connectivity index (χ0n) is 15.6. The van der Waals surface area contributed by atoms with Crippen molar-refractivity contribution in [1.29, 1.82) is 0 Å². The summed E-state index contributed by atoms with van der Waals surface area (Å²) < 4.78 is 25.1. The van der Waals surface area contributed by atoms with E-state index in [1.54, 1.807) is 17.1 Å². The van der Waals surface area contributed by atoms with Crippen molar-refractivity contribution >= 4 is 27.3 Å². The fourth-order valence-electron chi connectivity index (χ4n) is 3.03. The topological polar surface area (TPSA) is 78.8 Å². The molecule has 1 aliphatic rings. The van der Waals surface area contributed by atoms with Crippen LogP contribution in [-0.4, -0.2) is 31.3 Å². The van der Waals surface area contributed by atoms with E-state index in [1.165, 1.54) is 0 Å². The first-order valence-corrected chi connectivity index (χ1v) is 10.7. The molecule has 3 rings (SSSR count). The maximum absolute atomic E-state index is 12.7. The predicted octanol–water partition coefficient (Wildman–Crippen LogP) is 3.39. The smallest absolute Gasteiger partial charge is 0.245 e. The minimum absolute atomic E-state index is 0.0192. The Morgan fingerprint density at radius 1 is 1.11 bits per heavy atom. The zero-order chi connectivity index (χ0) is 19.6. The van der Waals surface area contributed by atoms with Crippen molar-refractivity contribution in [3.8, 4) is 0 Å². The number of hydrogen-bond acceptors (Lipinski definition) is 4. The third-order valence-corrected chi connectivity index (χ3v) is 4.94. The molecule has 0 unspecified atom stereocenters. The van der Waals surface area contributed by atoms with Crippen LogP contribution in [-0.2, 0) is 14.8 Å². The van der Waals surface area contributed by atoms with Gasteiger partial charge in [0.25, 0.3) is 0 Å². The normalized spacial score (nSPS) is 17.1. The lowest BCUT2D eigenvalue weighted by atomic mass is 9.98. The third-order valence-electron chi connectivity index (χ3n) is 4.34. The number of carbonyl (C=O) groups is 1. The molecule has 1 heterocycles. The second-order valence-electron chi connectivity index (χ2n) is 6.97. The Bertz CT molecular complexity index is 952. The van der Waals surface area contributed by atoms with Crippen molar-refractivity contribution < 1.29 is 13.2 Å². The van der Waals surface area contributed by atoms with E-state index in [0.29, 0.717) is 12.1 Å². The maximum atomic E-state index is 12.7. The molecule has 0 saturated heterocycles. The molecule has 27 heavy (non-hydrogen) atoms. The molecule has 0 saturated carbocycles. The Morgan fingerprint density at radius 3 is 2.30 bits per heavy atom. The minimum atomic E-state index is -3.32. The van der Waals surface area contributed by atoms with Gasteiger partial charge in [0, 0.05) is 18.0 Å². The molecule has 7 heteroatoms. The number of rotatable bonds is 5. The number of sulfonamides is 1. The quantitative estimate of drug-likeness (QED) is 0.857. The molecule has 142 valence electrons. The number of hydrazone groups is 1. The first-order valence-electron chi connectivity index (χ1n) is 8.78. The van der Waals surface area contributed by atoms with Crippen molar-refractivity contribution in [2.24, 2.45) is 11.0 Å². The molecule has 2 aromatic carbocycles. The van der Waals surface area contributed by atoms with Gasteiger partial charge in [-0.25, -0.2) is 13.4 Å². The number of anilines is 1. The van der Waals surface area contributed by atoms with Gasteiger partial charge >= 0.3 is 0 Å². The van der Waals surface area contributed by atoms with Crippen LogP contribution in [0.15, 0.2) is 59.7 Å². The van der Waals surface area contributed by atoms with Gasteiger partial charge in [0.05, 0.1) is 18.0 Å². The van der Waals surface area contributed by atoms with Gasteiger partial charge in [0.15, 0.2) is 0 Å². The van der Waals surface area contributed by atoms with Crippen molar-refractivity contribution in [2.45, 2.75) is 26.3 Å². The van der Waals surface area contributed by atoms with Gasteiger partial charge < -0.3 is 0 Å². The number of hydrogen-bond donors (Lipinski definition) is 1. The highest BCUT2D eigenvalue weighted by atomic mass is 32.2. The van der Waals surface area contributed by atoms with Crippen molar-refractivity contribution in [1.82, 2.24) is 5.01 Å². The summed E-state index contributed by atoms with van der Waals surface area (Å²) in [6, 6.07) is 16.8. The van der Waals surface area contributed by atoms with Crippen LogP contribution < -0.4 is 4.72 Å². The summed E-state index contributed by atoms with van der Waals surface area (Å²) in [6.45, 7) is 3.73. The Labute approximate surface area is 159 Å². The number of carbonyl (C=O) groups excluding carboxylic acids is 1. The Morgan fingerprint density at radius 2 is 1.74 bits per heavy atom. The molecule has 6 nitrogen and oxygen atoms in total. The molecule has 0 spiro atoms. The molecule has 1 N–H and O–H groups in total. The summed E-state index contributed by atoms with van der Waals surface area (Å²) >= 11 is 0. The molecule has 1 amide bonds. The maximum Gasteiger partial charge on any atom is 0.245 e. The first kappa shape index (κ1) is 19.1. The number of amides is 1. The molecule has 1 aliphatic heterocycles. The Hall–Kier alpha value is -2.67. The average Bonchev–Trinajstić information content (AvgIpc) is 3.06. The van der Waals surface area contributed by atoms with Crippen LogP contribution in [0, 0.1) is 5.92 Å². The molecule has 0 fully saturated rings. The number of nitrogens with zero attached hydrogens (tertiary/aromatic N) is 2. The lowest BCUT2D eigenvalue weighted by Gasteiger charge is -2.23. The van der Waals surface area contributed by atoms with Gasteiger partial charge in [-0.3, -0.25) is 9.52 Å². The van der Waals surface area contributed by atoms with Crippen LogP contribution in [0.5, 0.6) is 0 Å². The number of nitrogens with one attached hydrogen (secondary N) is 1. The largest absolute Gasteiger partial charge is 0.284 e. The lowest BCUT2D eigenvalue weighted by molar-refractivity contribution is -0.136. The average molecular weight is 385 g/mol. The highest BCUT2D eigenvalue weighted by Crippen LogP contribution is 2.33. The third kappa shape index (κ3) is 4.54. The van der Waals surface area contributed by atoms with Gasteiger partial charge in [0.1, 0.15) is 0 Å². The number of benzene rings is 2. The van der Waals surface area contributed by atoms with Crippen molar-refractivity contribution in [3.05, 3.63) is 65.7 Å². The van der Waals surface area contributed by atoms with E-state index in [9.17, 15) is 13.2 Å².